The number of hydrogen-bond donors (Lipinski definition) is 0. The number of carbonyl (C=O) groups excluding carboxylic acids is 1. The molecule has 1 fully saturated rings. The second kappa shape index (κ2) is 5.72. The lowest BCUT2D eigenvalue weighted by molar-refractivity contribution is 0.0893. The molecule has 0 aromatic heterocycles. The average molecular weight is 268 g/mol. The molecule has 1 aromatic rings. The Balaban J connectivity index is 2.18. The van der Waals surface area contributed by atoms with Gasteiger partial charge in [0.05, 0.1) is 11.1 Å². The van der Waals surface area contributed by atoms with Crippen molar-refractivity contribution < 1.29 is 9.53 Å². The number of ketones is 1. The molecule has 2 rings (SSSR count). The second-order valence-electron chi connectivity index (χ2n) is 4.67. The number of anilines is 1. The third-order valence-electron chi connectivity index (χ3n) is 3.41. The highest BCUT2D eigenvalue weighted by atomic mass is 35.5. The molecule has 18 heavy (non-hydrogen) atoms. The molecule has 1 aromatic carbocycles. The fraction of sp³-hybridized carbons (Fsp3) is 0.500. The van der Waals surface area contributed by atoms with E-state index in [2.05, 4.69) is 4.90 Å². The Morgan fingerprint density at radius 2 is 2.28 bits per heavy atom. The van der Waals surface area contributed by atoms with Crippen LogP contribution in [0.2, 0.25) is 5.02 Å². The molecule has 0 radical (unpaired) electrons. The van der Waals surface area contributed by atoms with Gasteiger partial charge in [0.1, 0.15) is 0 Å². The summed E-state index contributed by atoms with van der Waals surface area (Å²) in [6, 6.07) is 5.63. The number of nitrogens with zero attached hydrogens (tertiary/aromatic N) is 1. The Labute approximate surface area is 113 Å². The van der Waals surface area contributed by atoms with Crippen molar-refractivity contribution in [3.8, 4) is 0 Å². The van der Waals surface area contributed by atoms with Gasteiger partial charge < -0.3 is 9.64 Å². The largest absolute Gasteiger partial charge is 0.380 e. The van der Waals surface area contributed by atoms with Crippen LogP contribution < -0.4 is 4.90 Å². The van der Waals surface area contributed by atoms with Crippen LogP contribution in [0, 0.1) is 0 Å². The van der Waals surface area contributed by atoms with E-state index in [1.54, 1.807) is 13.2 Å². The van der Waals surface area contributed by atoms with Crippen LogP contribution >= 0.6 is 11.6 Å². The molecule has 1 atom stereocenters. The third kappa shape index (κ3) is 2.85. The molecule has 0 spiro atoms. The van der Waals surface area contributed by atoms with Gasteiger partial charge in [-0.2, -0.15) is 0 Å². The molecule has 0 aliphatic carbocycles. The first kappa shape index (κ1) is 13.4. The molecule has 0 amide bonds. The molecule has 1 unspecified atom stereocenters. The van der Waals surface area contributed by atoms with E-state index in [-0.39, 0.29) is 11.9 Å². The fourth-order valence-electron chi connectivity index (χ4n) is 2.35. The first-order chi connectivity index (χ1) is 8.61. The zero-order chi connectivity index (χ0) is 13.1. The Kier molecular flexibility index (Phi) is 4.25. The Bertz CT molecular complexity index is 447. The van der Waals surface area contributed by atoms with Gasteiger partial charge in [0.25, 0.3) is 0 Å². The van der Waals surface area contributed by atoms with Crippen LogP contribution in [-0.2, 0) is 4.74 Å². The van der Waals surface area contributed by atoms with Crippen molar-refractivity contribution >= 4 is 23.1 Å². The van der Waals surface area contributed by atoms with Gasteiger partial charge in [-0.05, 0) is 38.0 Å². The number of ether oxygens (including phenoxy) is 1. The summed E-state index contributed by atoms with van der Waals surface area (Å²) in [5.41, 5.74) is 1.65. The number of benzene rings is 1. The topological polar surface area (TPSA) is 29.5 Å². The molecular formula is C14H18ClNO2. The molecule has 98 valence electrons. The van der Waals surface area contributed by atoms with Crippen molar-refractivity contribution in [2.75, 3.05) is 25.1 Å². The summed E-state index contributed by atoms with van der Waals surface area (Å²) < 4.78 is 5.41. The molecule has 0 N–H and O–H groups in total. The number of halogens is 1. The van der Waals surface area contributed by atoms with Gasteiger partial charge in [0.2, 0.25) is 0 Å². The van der Waals surface area contributed by atoms with Crippen LogP contribution in [-0.4, -0.2) is 32.1 Å². The summed E-state index contributed by atoms with van der Waals surface area (Å²) >= 11 is 6.14. The van der Waals surface area contributed by atoms with Crippen LogP contribution in [0.25, 0.3) is 0 Å². The van der Waals surface area contributed by atoms with E-state index in [4.69, 9.17) is 16.3 Å². The van der Waals surface area contributed by atoms with E-state index in [1.165, 1.54) is 6.92 Å². The minimum absolute atomic E-state index is 0.0000350. The Morgan fingerprint density at radius 1 is 1.50 bits per heavy atom. The number of methoxy groups -OCH3 is 1. The van der Waals surface area contributed by atoms with Crippen LogP contribution in [0.4, 0.5) is 5.69 Å². The van der Waals surface area contributed by atoms with Crippen molar-refractivity contribution in [1.29, 1.82) is 0 Å². The van der Waals surface area contributed by atoms with Crippen molar-refractivity contribution in [3.05, 3.63) is 28.8 Å². The van der Waals surface area contributed by atoms with Gasteiger partial charge in [-0.1, -0.05) is 11.6 Å². The summed E-state index contributed by atoms with van der Waals surface area (Å²) in [6.45, 7) is 3.42. The van der Waals surface area contributed by atoms with Crippen molar-refractivity contribution in [2.24, 2.45) is 0 Å². The van der Waals surface area contributed by atoms with Gasteiger partial charge >= 0.3 is 0 Å². The highest BCUT2D eigenvalue weighted by Gasteiger charge is 2.20. The fourth-order valence-corrected chi connectivity index (χ4v) is 2.66. The lowest BCUT2D eigenvalue weighted by Gasteiger charge is -2.33. The quantitative estimate of drug-likeness (QED) is 0.788. The van der Waals surface area contributed by atoms with Crippen molar-refractivity contribution in [3.63, 3.8) is 0 Å². The lowest BCUT2D eigenvalue weighted by Crippen LogP contribution is -2.39. The maximum Gasteiger partial charge on any atom is 0.161 e. The number of rotatable bonds is 3. The smallest absolute Gasteiger partial charge is 0.161 e. The van der Waals surface area contributed by atoms with E-state index < -0.39 is 0 Å². The van der Waals surface area contributed by atoms with Crippen LogP contribution in [0.1, 0.15) is 30.1 Å². The monoisotopic (exact) mass is 267 g/mol. The normalized spacial score (nSPS) is 19.9. The lowest BCUT2D eigenvalue weighted by atomic mass is 10.1. The molecular weight excluding hydrogens is 250 g/mol. The summed E-state index contributed by atoms with van der Waals surface area (Å²) in [5.74, 6) is -0.0000350. The van der Waals surface area contributed by atoms with E-state index in [9.17, 15) is 4.79 Å². The average Bonchev–Trinajstić information content (AvgIpc) is 2.38. The van der Waals surface area contributed by atoms with Gasteiger partial charge in [0.15, 0.2) is 5.78 Å². The summed E-state index contributed by atoms with van der Waals surface area (Å²) in [4.78, 5) is 13.6. The maximum atomic E-state index is 11.3. The minimum Gasteiger partial charge on any atom is -0.380 e. The minimum atomic E-state index is -0.0000350. The zero-order valence-corrected chi connectivity index (χ0v) is 11.5. The van der Waals surface area contributed by atoms with Crippen molar-refractivity contribution in [1.82, 2.24) is 0 Å². The maximum absolute atomic E-state index is 11.3. The molecule has 1 heterocycles. The van der Waals surface area contributed by atoms with E-state index in [0.29, 0.717) is 10.6 Å². The first-order valence-electron chi connectivity index (χ1n) is 6.20. The summed E-state index contributed by atoms with van der Waals surface area (Å²) in [7, 11) is 1.75. The molecule has 4 heteroatoms. The van der Waals surface area contributed by atoms with Gasteiger partial charge in [0, 0.05) is 31.5 Å². The van der Waals surface area contributed by atoms with Crippen LogP contribution in [0.5, 0.6) is 0 Å². The zero-order valence-electron chi connectivity index (χ0n) is 10.8. The van der Waals surface area contributed by atoms with Crippen LogP contribution in [0.15, 0.2) is 18.2 Å². The van der Waals surface area contributed by atoms with Crippen molar-refractivity contribution in [2.45, 2.75) is 25.9 Å². The molecule has 0 saturated carbocycles. The first-order valence-corrected chi connectivity index (χ1v) is 6.58. The van der Waals surface area contributed by atoms with E-state index >= 15 is 0 Å². The Morgan fingerprint density at radius 3 is 2.89 bits per heavy atom. The summed E-state index contributed by atoms with van der Waals surface area (Å²) in [6.07, 6.45) is 2.50. The number of Topliss-reactive ketones (excluding diaryl/α,β-unsaturated/α-hetero) is 1. The summed E-state index contributed by atoms with van der Waals surface area (Å²) in [5, 5.41) is 0.527. The molecule has 1 aliphatic heterocycles. The molecule has 3 nitrogen and oxygen atoms in total. The predicted octanol–water partition coefficient (Wildman–Crippen LogP) is 3.16. The highest BCUT2D eigenvalue weighted by Crippen LogP contribution is 2.26. The highest BCUT2D eigenvalue weighted by molar-refractivity contribution is 6.34. The molecule has 0 bridgehead atoms. The number of carbonyl (C=O) groups is 1. The Hall–Kier alpha value is -1.06. The van der Waals surface area contributed by atoms with Gasteiger partial charge in [-0.25, -0.2) is 0 Å². The standard InChI is InChI=1S/C14H18ClNO2/c1-10(17)13-6-5-11(8-14(13)15)16-7-3-4-12(9-16)18-2/h5-6,8,12H,3-4,7,9H2,1-2H3. The van der Waals surface area contributed by atoms with Crippen LogP contribution in [0.3, 0.4) is 0 Å². The number of hydrogen-bond acceptors (Lipinski definition) is 3. The molecule has 1 aliphatic rings. The van der Waals surface area contributed by atoms with Gasteiger partial charge in [-0.15, -0.1) is 0 Å². The van der Waals surface area contributed by atoms with E-state index in [0.717, 1.165) is 31.6 Å². The second-order valence-corrected chi connectivity index (χ2v) is 5.07. The SMILES string of the molecule is COC1CCCN(c2ccc(C(C)=O)c(Cl)c2)C1. The van der Waals surface area contributed by atoms with Gasteiger partial charge in [-0.3, -0.25) is 4.79 Å². The third-order valence-corrected chi connectivity index (χ3v) is 3.72. The predicted molar refractivity (Wildman–Crippen MR) is 73.7 cm³/mol. The van der Waals surface area contributed by atoms with E-state index in [1.807, 2.05) is 12.1 Å². The number of piperidine rings is 1. The molecule has 1 saturated heterocycles.